The molecule has 19 heavy (non-hydrogen) atoms. The first kappa shape index (κ1) is 17.0. The van der Waals surface area contributed by atoms with Crippen LogP contribution in [0.25, 0.3) is 0 Å². The fourth-order valence-corrected chi connectivity index (χ4v) is 3.79. The van der Waals surface area contributed by atoms with Crippen LogP contribution >= 0.6 is 23.1 Å². The standard InChI is InChI=1S/C14H26N2OS2/c1-4-6-12-13(10-15-7-8-17-3)19-14(16-12)11-18-9-5-2/h15H,4-11H2,1-3H3. The number of hydrogen-bond acceptors (Lipinski definition) is 5. The van der Waals surface area contributed by atoms with E-state index in [1.54, 1.807) is 7.11 Å². The topological polar surface area (TPSA) is 34.2 Å². The van der Waals surface area contributed by atoms with Crippen molar-refractivity contribution in [3.63, 3.8) is 0 Å². The lowest BCUT2D eigenvalue weighted by Gasteiger charge is -2.03. The number of methoxy groups -OCH3 is 1. The third-order valence-corrected chi connectivity index (χ3v) is 5.11. The van der Waals surface area contributed by atoms with Gasteiger partial charge in [0.25, 0.3) is 0 Å². The van der Waals surface area contributed by atoms with Gasteiger partial charge in [0.1, 0.15) is 5.01 Å². The lowest BCUT2D eigenvalue weighted by molar-refractivity contribution is 0.199. The highest BCUT2D eigenvalue weighted by molar-refractivity contribution is 7.98. The Hall–Kier alpha value is -0.100. The highest BCUT2D eigenvalue weighted by atomic mass is 32.2. The monoisotopic (exact) mass is 302 g/mol. The number of hydrogen-bond donors (Lipinski definition) is 1. The van der Waals surface area contributed by atoms with Gasteiger partial charge in [0, 0.05) is 30.8 Å². The summed E-state index contributed by atoms with van der Waals surface area (Å²) in [6.45, 7) is 7.03. The summed E-state index contributed by atoms with van der Waals surface area (Å²) in [4.78, 5) is 6.20. The summed E-state index contributed by atoms with van der Waals surface area (Å²) in [6, 6.07) is 0. The van der Waals surface area contributed by atoms with Crippen molar-refractivity contribution < 1.29 is 4.74 Å². The molecule has 0 aromatic carbocycles. The van der Waals surface area contributed by atoms with Gasteiger partial charge in [-0.2, -0.15) is 11.8 Å². The van der Waals surface area contributed by atoms with Gasteiger partial charge in [-0.25, -0.2) is 4.98 Å². The Morgan fingerprint density at radius 2 is 2.16 bits per heavy atom. The molecule has 0 atom stereocenters. The van der Waals surface area contributed by atoms with Crippen molar-refractivity contribution in [2.75, 3.05) is 26.0 Å². The molecule has 0 aliphatic heterocycles. The van der Waals surface area contributed by atoms with Gasteiger partial charge in [0.05, 0.1) is 12.3 Å². The number of ether oxygens (including phenoxy) is 1. The lowest BCUT2D eigenvalue weighted by Crippen LogP contribution is -2.18. The fourth-order valence-electron chi connectivity index (χ4n) is 1.75. The number of aryl methyl sites for hydroxylation is 1. The molecule has 1 aromatic heterocycles. The van der Waals surface area contributed by atoms with Gasteiger partial charge in [0.15, 0.2) is 0 Å². The quantitative estimate of drug-likeness (QED) is 0.635. The minimum Gasteiger partial charge on any atom is -0.383 e. The van der Waals surface area contributed by atoms with Gasteiger partial charge >= 0.3 is 0 Å². The zero-order valence-corrected chi connectivity index (χ0v) is 14.0. The van der Waals surface area contributed by atoms with Gasteiger partial charge < -0.3 is 10.1 Å². The third kappa shape index (κ3) is 6.75. The molecule has 0 aliphatic carbocycles. The normalized spacial score (nSPS) is 11.1. The Labute approximate surface area is 125 Å². The highest BCUT2D eigenvalue weighted by Gasteiger charge is 2.10. The molecule has 1 aromatic rings. The summed E-state index contributed by atoms with van der Waals surface area (Å²) in [6.07, 6.45) is 3.50. The van der Waals surface area contributed by atoms with Crippen LogP contribution in [0.3, 0.4) is 0 Å². The van der Waals surface area contributed by atoms with Crippen LogP contribution in [-0.4, -0.2) is 31.0 Å². The summed E-state index contributed by atoms with van der Waals surface area (Å²) >= 11 is 3.86. The maximum atomic E-state index is 5.05. The molecule has 0 spiro atoms. The minimum absolute atomic E-state index is 0.765. The average molecular weight is 303 g/mol. The number of thioether (sulfide) groups is 1. The first-order chi connectivity index (χ1) is 9.31. The Balaban J connectivity index is 2.50. The zero-order chi connectivity index (χ0) is 13.9. The molecule has 0 fully saturated rings. The third-order valence-electron chi connectivity index (χ3n) is 2.65. The molecule has 0 saturated carbocycles. The van der Waals surface area contributed by atoms with E-state index in [1.807, 2.05) is 23.1 Å². The molecule has 1 heterocycles. The summed E-state index contributed by atoms with van der Waals surface area (Å²) in [7, 11) is 1.74. The molecule has 110 valence electrons. The van der Waals surface area contributed by atoms with Crippen molar-refractivity contribution in [3.8, 4) is 0 Å². The van der Waals surface area contributed by atoms with Crippen LogP contribution in [0.4, 0.5) is 0 Å². The fraction of sp³-hybridized carbons (Fsp3) is 0.786. The second kappa shape index (κ2) is 10.7. The maximum absolute atomic E-state index is 5.05. The van der Waals surface area contributed by atoms with E-state index < -0.39 is 0 Å². The summed E-state index contributed by atoms with van der Waals surface area (Å²) in [5, 5.41) is 4.70. The van der Waals surface area contributed by atoms with Crippen LogP contribution in [0.15, 0.2) is 0 Å². The highest BCUT2D eigenvalue weighted by Crippen LogP contribution is 2.24. The Bertz CT molecular complexity index is 342. The molecule has 1 N–H and O–H groups in total. The van der Waals surface area contributed by atoms with Crippen molar-refractivity contribution in [2.45, 2.75) is 45.4 Å². The van der Waals surface area contributed by atoms with Gasteiger partial charge in [0.2, 0.25) is 0 Å². The van der Waals surface area contributed by atoms with Gasteiger partial charge in [-0.3, -0.25) is 0 Å². The van der Waals surface area contributed by atoms with Crippen LogP contribution in [0.2, 0.25) is 0 Å². The molecule has 3 nitrogen and oxygen atoms in total. The molecule has 0 bridgehead atoms. The van der Waals surface area contributed by atoms with Crippen molar-refractivity contribution in [1.29, 1.82) is 0 Å². The Morgan fingerprint density at radius 3 is 2.84 bits per heavy atom. The molecular formula is C14H26N2OS2. The van der Waals surface area contributed by atoms with Crippen LogP contribution in [0.5, 0.6) is 0 Å². The van der Waals surface area contributed by atoms with E-state index in [4.69, 9.17) is 9.72 Å². The number of thiazole rings is 1. The predicted molar refractivity (Wildman–Crippen MR) is 86.1 cm³/mol. The summed E-state index contributed by atoms with van der Waals surface area (Å²) < 4.78 is 5.05. The molecule has 5 heteroatoms. The Morgan fingerprint density at radius 1 is 1.32 bits per heavy atom. The number of nitrogens with zero attached hydrogens (tertiary/aromatic N) is 1. The van der Waals surface area contributed by atoms with Crippen LogP contribution in [-0.2, 0) is 23.5 Å². The first-order valence-electron chi connectivity index (χ1n) is 7.06. The minimum atomic E-state index is 0.765. The molecule has 0 unspecified atom stereocenters. The van der Waals surface area contributed by atoms with E-state index in [-0.39, 0.29) is 0 Å². The van der Waals surface area contributed by atoms with Crippen molar-refractivity contribution in [3.05, 3.63) is 15.6 Å². The first-order valence-corrected chi connectivity index (χ1v) is 9.03. The summed E-state index contributed by atoms with van der Waals surface area (Å²) in [5.41, 5.74) is 1.30. The van der Waals surface area contributed by atoms with Crippen LogP contribution in [0.1, 0.15) is 42.3 Å². The number of aromatic nitrogens is 1. The number of nitrogens with one attached hydrogen (secondary N) is 1. The van der Waals surface area contributed by atoms with Crippen molar-refractivity contribution in [1.82, 2.24) is 10.3 Å². The molecule has 0 aliphatic rings. The van der Waals surface area contributed by atoms with Crippen molar-refractivity contribution in [2.24, 2.45) is 0 Å². The molecule has 0 amide bonds. The second-order valence-electron chi connectivity index (χ2n) is 4.45. The molecular weight excluding hydrogens is 276 g/mol. The average Bonchev–Trinajstić information content (AvgIpc) is 2.78. The zero-order valence-electron chi connectivity index (χ0n) is 12.3. The van der Waals surface area contributed by atoms with Crippen molar-refractivity contribution >= 4 is 23.1 Å². The van der Waals surface area contributed by atoms with E-state index in [2.05, 4.69) is 19.2 Å². The van der Waals surface area contributed by atoms with Gasteiger partial charge in [-0.15, -0.1) is 11.3 Å². The van der Waals surface area contributed by atoms with E-state index in [0.717, 1.165) is 38.3 Å². The van der Waals surface area contributed by atoms with E-state index >= 15 is 0 Å². The maximum Gasteiger partial charge on any atom is 0.103 e. The predicted octanol–water partition coefficient (Wildman–Crippen LogP) is 3.47. The molecule has 0 saturated heterocycles. The van der Waals surface area contributed by atoms with Gasteiger partial charge in [-0.05, 0) is 18.6 Å². The van der Waals surface area contributed by atoms with Gasteiger partial charge in [-0.1, -0.05) is 20.3 Å². The largest absolute Gasteiger partial charge is 0.383 e. The van der Waals surface area contributed by atoms with E-state index in [0.29, 0.717) is 0 Å². The lowest BCUT2D eigenvalue weighted by atomic mass is 10.2. The smallest absolute Gasteiger partial charge is 0.103 e. The number of rotatable bonds is 11. The Kier molecular flexibility index (Phi) is 9.51. The van der Waals surface area contributed by atoms with E-state index in [9.17, 15) is 0 Å². The molecule has 0 radical (unpaired) electrons. The second-order valence-corrected chi connectivity index (χ2v) is 6.72. The SMILES string of the molecule is CCCSCc1nc(CCC)c(CNCCOC)s1. The summed E-state index contributed by atoms with van der Waals surface area (Å²) in [5.74, 6) is 2.29. The van der Waals surface area contributed by atoms with E-state index in [1.165, 1.54) is 27.8 Å². The van der Waals surface area contributed by atoms with Crippen LogP contribution < -0.4 is 5.32 Å². The van der Waals surface area contributed by atoms with Crippen LogP contribution in [0, 0.1) is 0 Å². The molecule has 1 rings (SSSR count).